The second kappa shape index (κ2) is 8.46. The molecular weight excluding hydrogens is 382 g/mol. The van der Waals surface area contributed by atoms with Crippen LogP contribution in [0.5, 0.6) is 5.88 Å². The fraction of sp³-hybridized carbons (Fsp3) is 0.200. The molecule has 0 radical (unpaired) electrons. The summed E-state index contributed by atoms with van der Waals surface area (Å²) in [5.41, 5.74) is 5.51. The van der Waals surface area contributed by atoms with Gasteiger partial charge in [0.1, 0.15) is 23.3 Å². The van der Waals surface area contributed by atoms with Crippen LogP contribution < -0.4 is 4.74 Å². The Labute approximate surface area is 174 Å². The van der Waals surface area contributed by atoms with Crippen LogP contribution in [0.15, 0.2) is 48.5 Å². The Bertz CT molecular complexity index is 1140. The minimum atomic E-state index is -0.331. The zero-order valence-corrected chi connectivity index (χ0v) is 16.6. The van der Waals surface area contributed by atoms with Crippen molar-refractivity contribution in [3.05, 3.63) is 82.5 Å². The first-order valence-corrected chi connectivity index (χ1v) is 9.93. The third-order valence-electron chi connectivity index (χ3n) is 5.18. The molecule has 150 valence electrons. The van der Waals surface area contributed by atoms with Gasteiger partial charge in [0.25, 0.3) is 0 Å². The fourth-order valence-corrected chi connectivity index (χ4v) is 3.86. The van der Waals surface area contributed by atoms with Crippen LogP contribution in [0.1, 0.15) is 42.1 Å². The Morgan fingerprint density at radius 3 is 2.33 bits per heavy atom. The highest BCUT2D eigenvalue weighted by atomic mass is 19.1. The van der Waals surface area contributed by atoms with E-state index in [0.717, 1.165) is 52.8 Å². The van der Waals surface area contributed by atoms with E-state index < -0.39 is 0 Å². The van der Waals surface area contributed by atoms with Crippen LogP contribution >= 0.6 is 0 Å². The number of halogens is 2. The summed E-state index contributed by atoms with van der Waals surface area (Å²) in [5, 5.41) is 9.88. The van der Waals surface area contributed by atoms with Crippen molar-refractivity contribution < 1.29 is 13.5 Å². The van der Waals surface area contributed by atoms with Crippen LogP contribution in [0.3, 0.4) is 0 Å². The molecule has 0 fully saturated rings. The molecule has 0 atom stereocenters. The van der Waals surface area contributed by atoms with Crippen molar-refractivity contribution in [2.45, 2.75) is 26.2 Å². The maximum atomic E-state index is 13.5. The monoisotopic (exact) mass is 402 g/mol. The fourth-order valence-electron chi connectivity index (χ4n) is 3.86. The Morgan fingerprint density at radius 2 is 1.70 bits per heavy atom. The lowest BCUT2D eigenvalue weighted by molar-refractivity contribution is 0.325. The highest BCUT2D eigenvalue weighted by molar-refractivity contribution is 5.88. The van der Waals surface area contributed by atoms with Gasteiger partial charge in [-0.05, 0) is 78.8 Å². The molecule has 0 aliphatic heterocycles. The average Bonchev–Trinajstić information content (AvgIpc) is 2.76. The Kier molecular flexibility index (Phi) is 5.58. The number of rotatable bonds is 4. The van der Waals surface area contributed by atoms with E-state index in [1.807, 2.05) is 13.0 Å². The quantitative estimate of drug-likeness (QED) is 0.524. The SMILES string of the molecule is CCOc1nc2c(c(-c3ccc(F)cc3)c1C#N)CCCC2=Cc1ccc(F)cc1. The van der Waals surface area contributed by atoms with Gasteiger partial charge in [-0.2, -0.15) is 5.26 Å². The number of allylic oxidation sites excluding steroid dienone is 1. The summed E-state index contributed by atoms with van der Waals surface area (Å²) in [7, 11) is 0. The van der Waals surface area contributed by atoms with Gasteiger partial charge in [0.05, 0.1) is 12.3 Å². The summed E-state index contributed by atoms with van der Waals surface area (Å²) in [4.78, 5) is 4.71. The van der Waals surface area contributed by atoms with Gasteiger partial charge in [-0.25, -0.2) is 13.8 Å². The molecule has 0 bridgehead atoms. The van der Waals surface area contributed by atoms with E-state index in [0.29, 0.717) is 12.2 Å². The van der Waals surface area contributed by atoms with Crippen LogP contribution in [-0.4, -0.2) is 11.6 Å². The van der Waals surface area contributed by atoms with Crippen molar-refractivity contribution in [2.24, 2.45) is 0 Å². The molecule has 0 N–H and O–H groups in total. The van der Waals surface area contributed by atoms with Gasteiger partial charge in [-0.3, -0.25) is 0 Å². The normalized spacial score (nSPS) is 14.3. The number of nitrogens with zero attached hydrogens (tertiary/aromatic N) is 2. The number of hydrogen-bond acceptors (Lipinski definition) is 3. The smallest absolute Gasteiger partial charge is 0.232 e. The van der Waals surface area contributed by atoms with Crippen molar-refractivity contribution in [3.63, 3.8) is 0 Å². The lowest BCUT2D eigenvalue weighted by atomic mass is 9.84. The second-order valence-corrected chi connectivity index (χ2v) is 7.12. The number of nitriles is 1. The summed E-state index contributed by atoms with van der Waals surface area (Å²) in [5.74, 6) is -0.331. The van der Waals surface area contributed by atoms with Crippen molar-refractivity contribution in [3.8, 4) is 23.1 Å². The molecule has 0 unspecified atom stereocenters. The average molecular weight is 402 g/mol. The molecule has 0 saturated carbocycles. The van der Waals surface area contributed by atoms with Crippen LogP contribution in [-0.2, 0) is 6.42 Å². The van der Waals surface area contributed by atoms with Gasteiger partial charge < -0.3 is 4.74 Å². The minimum absolute atomic E-state index is 0.282. The van der Waals surface area contributed by atoms with Gasteiger partial charge in [-0.15, -0.1) is 0 Å². The molecule has 1 aliphatic carbocycles. The summed E-state index contributed by atoms with van der Waals surface area (Å²) in [6, 6.07) is 14.7. The molecule has 3 nitrogen and oxygen atoms in total. The molecule has 1 aromatic heterocycles. The molecular formula is C25H20F2N2O. The molecule has 30 heavy (non-hydrogen) atoms. The maximum Gasteiger partial charge on any atom is 0.232 e. The van der Waals surface area contributed by atoms with Gasteiger partial charge >= 0.3 is 0 Å². The lowest BCUT2D eigenvalue weighted by Crippen LogP contribution is -2.11. The van der Waals surface area contributed by atoms with E-state index >= 15 is 0 Å². The minimum Gasteiger partial charge on any atom is -0.477 e. The molecule has 0 amide bonds. The summed E-state index contributed by atoms with van der Waals surface area (Å²) in [6.45, 7) is 2.22. The van der Waals surface area contributed by atoms with E-state index in [9.17, 15) is 14.0 Å². The molecule has 0 spiro atoms. The highest BCUT2D eigenvalue weighted by Gasteiger charge is 2.26. The first-order valence-electron chi connectivity index (χ1n) is 9.93. The van der Waals surface area contributed by atoms with E-state index in [1.165, 1.54) is 24.3 Å². The molecule has 4 rings (SSSR count). The largest absolute Gasteiger partial charge is 0.477 e. The molecule has 1 aliphatic rings. The first-order chi connectivity index (χ1) is 14.6. The topological polar surface area (TPSA) is 45.9 Å². The molecule has 3 aromatic rings. The molecule has 1 heterocycles. The predicted octanol–water partition coefficient (Wildman–Crippen LogP) is 6.17. The number of ether oxygens (including phenoxy) is 1. The van der Waals surface area contributed by atoms with Crippen LogP contribution in [0.4, 0.5) is 8.78 Å². The summed E-state index contributed by atoms with van der Waals surface area (Å²) >= 11 is 0. The Hall–Kier alpha value is -3.52. The number of benzene rings is 2. The van der Waals surface area contributed by atoms with Gasteiger partial charge in [-0.1, -0.05) is 24.3 Å². The molecule has 0 saturated heterocycles. The third-order valence-corrected chi connectivity index (χ3v) is 5.18. The van der Waals surface area contributed by atoms with Gasteiger partial charge in [0, 0.05) is 5.56 Å². The van der Waals surface area contributed by atoms with E-state index in [4.69, 9.17) is 9.72 Å². The van der Waals surface area contributed by atoms with Gasteiger partial charge in [0.15, 0.2) is 0 Å². The van der Waals surface area contributed by atoms with Gasteiger partial charge in [0.2, 0.25) is 5.88 Å². The zero-order chi connectivity index (χ0) is 21.1. The van der Waals surface area contributed by atoms with Crippen molar-refractivity contribution >= 4 is 11.6 Å². The number of hydrogen-bond donors (Lipinski definition) is 0. The van der Waals surface area contributed by atoms with Crippen molar-refractivity contribution in [1.82, 2.24) is 4.98 Å². The molecule has 5 heteroatoms. The number of fused-ring (bicyclic) bond motifs is 1. The number of pyridine rings is 1. The van der Waals surface area contributed by atoms with Crippen molar-refractivity contribution in [2.75, 3.05) is 6.61 Å². The first kappa shape index (κ1) is 19.8. The van der Waals surface area contributed by atoms with E-state index in [-0.39, 0.29) is 17.5 Å². The van der Waals surface area contributed by atoms with Crippen LogP contribution in [0, 0.1) is 23.0 Å². The van der Waals surface area contributed by atoms with Crippen LogP contribution in [0.25, 0.3) is 22.8 Å². The summed E-state index contributed by atoms with van der Waals surface area (Å²) in [6.07, 6.45) is 4.48. The third kappa shape index (κ3) is 3.81. The number of aromatic nitrogens is 1. The lowest BCUT2D eigenvalue weighted by Gasteiger charge is -2.24. The Balaban J connectivity index is 1.95. The summed E-state index contributed by atoms with van der Waals surface area (Å²) < 4.78 is 32.5. The van der Waals surface area contributed by atoms with Crippen LogP contribution in [0.2, 0.25) is 0 Å². The second-order valence-electron chi connectivity index (χ2n) is 7.12. The van der Waals surface area contributed by atoms with E-state index in [2.05, 4.69) is 6.07 Å². The van der Waals surface area contributed by atoms with Crippen molar-refractivity contribution in [1.29, 1.82) is 5.26 Å². The maximum absolute atomic E-state index is 13.5. The Morgan fingerprint density at radius 1 is 1.03 bits per heavy atom. The predicted molar refractivity (Wildman–Crippen MR) is 113 cm³/mol. The highest BCUT2D eigenvalue weighted by Crippen LogP contribution is 2.41. The standard InChI is InChI=1S/C25H20F2N2O/c1-2-30-25-22(15-28)23(17-8-12-20(27)13-9-17)21-5-3-4-18(24(21)29-25)14-16-6-10-19(26)11-7-16/h6-14H,2-5H2,1H3. The zero-order valence-electron chi connectivity index (χ0n) is 16.6. The van der Waals surface area contributed by atoms with E-state index in [1.54, 1.807) is 24.3 Å². The molecule has 2 aromatic carbocycles.